The van der Waals surface area contributed by atoms with Crippen molar-refractivity contribution in [3.05, 3.63) is 71.3 Å². The van der Waals surface area contributed by atoms with Gasteiger partial charge in [-0.1, -0.05) is 42.5 Å². The molecule has 4 nitrogen and oxygen atoms in total. The second-order valence-corrected chi connectivity index (χ2v) is 5.16. The maximum atomic E-state index is 12.2. The van der Waals surface area contributed by atoms with Crippen LogP contribution in [0.1, 0.15) is 21.5 Å². The number of hydrogen-bond donors (Lipinski definition) is 2. The van der Waals surface area contributed by atoms with Crippen molar-refractivity contribution in [2.24, 2.45) is 0 Å². The van der Waals surface area contributed by atoms with E-state index < -0.39 is 17.9 Å². The third-order valence-electron chi connectivity index (χ3n) is 3.23. The molecule has 5 heteroatoms. The molecular formula is C17H16ClNO3. The lowest BCUT2D eigenvalue weighted by Crippen LogP contribution is -2.42. The van der Waals surface area contributed by atoms with Crippen LogP contribution in [0.15, 0.2) is 54.6 Å². The Morgan fingerprint density at radius 1 is 1.05 bits per heavy atom. The minimum absolute atomic E-state index is 0.233. The molecule has 2 rings (SSSR count). The number of alkyl halides is 1. The van der Waals surface area contributed by atoms with Gasteiger partial charge >= 0.3 is 5.97 Å². The first-order valence-electron chi connectivity index (χ1n) is 6.82. The molecule has 0 radical (unpaired) electrons. The molecule has 0 fully saturated rings. The van der Waals surface area contributed by atoms with E-state index in [0.29, 0.717) is 11.4 Å². The van der Waals surface area contributed by atoms with Crippen LogP contribution in [0.3, 0.4) is 0 Å². The highest BCUT2D eigenvalue weighted by molar-refractivity contribution is 6.17. The normalized spacial score (nSPS) is 11.7. The fourth-order valence-electron chi connectivity index (χ4n) is 2.09. The number of carbonyl (C=O) groups is 2. The molecule has 1 atom stereocenters. The standard InChI is InChI=1S/C17H16ClNO3/c18-11-13-7-4-8-14(9-13)16(20)19-15(17(21)22)10-12-5-2-1-3-6-12/h1-9,15H,10-11H2,(H,19,20)(H,21,22)/t15-/m0/s1. The lowest BCUT2D eigenvalue weighted by molar-refractivity contribution is -0.139. The average molecular weight is 318 g/mol. The molecule has 2 aromatic carbocycles. The Kier molecular flexibility index (Phi) is 5.55. The van der Waals surface area contributed by atoms with E-state index in [1.54, 1.807) is 18.2 Å². The summed E-state index contributed by atoms with van der Waals surface area (Å²) in [7, 11) is 0. The first-order valence-corrected chi connectivity index (χ1v) is 7.36. The number of hydrogen-bond acceptors (Lipinski definition) is 2. The fourth-order valence-corrected chi connectivity index (χ4v) is 2.25. The summed E-state index contributed by atoms with van der Waals surface area (Å²) in [6.07, 6.45) is 0.233. The molecule has 0 aliphatic heterocycles. The molecule has 0 bridgehead atoms. The van der Waals surface area contributed by atoms with E-state index in [1.807, 2.05) is 36.4 Å². The number of amides is 1. The van der Waals surface area contributed by atoms with Gasteiger partial charge in [-0.15, -0.1) is 11.6 Å². The Labute approximate surface area is 133 Å². The maximum Gasteiger partial charge on any atom is 0.326 e. The van der Waals surface area contributed by atoms with Gasteiger partial charge in [-0.05, 0) is 23.3 Å². The average Bonchev–Trinajstić information content (AvgIpc) is 2.55. The predicted molar refractivity (Wildman–Crippen MR) is 85.0 cm³/mol. The first kappa shape index (κ1) is 16.0. The molecule has 0 spiro atoms. The van der Waals surface area contributed by atoms with Crippen molar-refractivity contribution in [1.29, 1.82) is 0 Å². The largest absolute Gasteiger partial charge is 0.480 e. The van der Waals surface area contributed by atoms with Crippen molar-refractivity contribution >= 4 is 23.5 Å². The summed E-state index contributed by atoms with van der Waals surface area (Å²) in [6.45, 7) is 0. The van der Waals surface area contributed by atoms with Crippen LogP contribution < -0.4 is 5.32 Å². The van der Waals surface area contributed by atoms with Crippen molar-refractivity contribution in [3.8, 4) is 0 Å². The molecule has 114 valence electrons. The van der Waals surface area contributed by atoms with Crippen LogP contribution in [0.25, 0.3) is 0 Å². The summed E-state index contributed by atoms with van der Waals surface area (Å²) in [5.74, 6) is -1.19. The number of carboxylic acids is 1. The van der Waals surface area contributed by atoms with Gasteiger partial charge in [0.25, 0.3) is 5.91 Å². The Balaban J connectivity index is 2.10. The van der Waals surface area contributed by atoms with Crippen LogP contribution in [-0.2, 0) is 17.1 Å². The predicted octanol–water partition coefficient (Wildman–Crippen LogP) is 2.85. The molecule has 2 N–H and O–H groups in total. The van der Waals surface area contributed by atoms with Crippen molar-refractivity contribution in [2.45, 2.75) is 18.3 Å². The highest BCUT2D eigenvalue weighted by Crippen LogP contribution is 2.09. The van der Waals surface area contributed by atoms with Crippen LogP contribution in [0.2, 0.25) is 0 Å². The summed E-state index contributed by atoms with van der Waals surface area (Å²) >= 11 is 5.74. The molecule has 22 heavy (non-hydrogen) atoms. The Morgan fingerprint density at radius 2 is 1.73 bits per heavy atom. The summed E-state index contributed by atoms with van der Waals surface area (Å²) in [6, 6.07) is 15.0. The van der Waals surface area contributed by atoms with E-state index in [-0.39, 0.29) is 6.42 Å². The van der Waals surface area contributed by atoms with Gasteiger partial charge in [0.1, 0.15) is 6.04 Å². The van der Waals surface area contributed by atoms with Gasteiger partial charge in [-0.25, -0.2) is 4.79 Å². The third-order valence-corrected chi connectivity index (χ3v) is 3.54. The van der Waals surface area contributed by atoms with Crippen LogP contribution in [0, 0.1) is 0 Å². The number of rotatable bonds is 6. The highest BCUT2D eigenvalue weighted by Gasteiger charge is 2.21. The van der Waals surface area contributed by atoms with Gasteiger partial charge in [-0.2, -0.15) is 0 Å². The second kappa shape index (κ2) is 7.61. The zero-order chi connectivity index (χ0) is 15.9. The van der Waals surface area contributed by atoms with Gasteiger partial charge in [0.05, 0.1) is 0 Å². The van der Waals surface area contributed by atoms with Gasteiger partial charge in [0.15, 0.2) is 0 Å². The van der Waals surface area contributed by atoms with E-state index in [2.05, 4.69) is 5.32 Å². The molecular weight excluding hydrogens is 302 g/mol. The molecule has 1 amide bonds. The molecule has 0 unspecified atom stereocenters. The molecule has 0 aliphatic carbocycles. The number of benzene rings is 2. The quantitative estimate of drug-likeness (QED) is 0.805. The molecule has 0 aliphatic rings. The maximum absolute atomic E-state index is 12.2. The van der Waals surface area contributed by atoms with E-state index in [1.165, 1.54) is 0 Å². The zero-order valence-corrected chi connectivity index (χ0v) is 12.6. The zero-order valence-electron chi connectivity index (χ0n) is 11.8. The molecule has 0 aromatic heterocycles. The molecule has 2 aromatic rings. The smallest absolute Gasteiger partial charge is 0.326 e. The Bertz CT molecular complexity index is 658. The third kappa shape index (κ3) is 4.33. The van der Waals surface area contributed by atoms with E-state index in [9.17, 15) is 14.7 Å². The monoisotopic (exact) mass is 317 g/mol. The van der Waals surface area contributed by atoms with Crippen molar-refractivity contribution < 1.29 is 14.7 Å². The summed E-state index contributed by atoms with van der Waals surface area (Å²) < 4.78 is 0. The summed E-state index contributed by atoms with van der Waals surface area (Å²) in [5, 5.41) is 11.8. The van der Waals surface area contributed by atoms with Crippen LogP contribution in [0.5, 0.6) is 0 Å². The highest BCUT2D eigenvalue weighted by atomic mass is 35.5. The van der Waals surface area contributed by atoms with Crippen LogP contribution in [0.4, 0.5) is 0 Å². The first-order chi connectivity index (χ1) is 10.6. The number of carbonyl (C=O) groups excluding carboxylic acids is 1. The molecule has 0 heterocycles. The van der Waals surface area contributed by atoms with E-state index in [0.717, 1.165) is 11.1 Å². The summed E-state index contributed by atoms with van der Waals surface area (Å²) in [4.78, 5) is 23.6. The number of aliphatic carboxylic acids is 1. The van der Waals surface area contributed by atoms with E-state index in [4.69, 9.17) is 11.6 Å². The van der Waals surface area contributed by atoms with Crippen molar-refractivity contribution in [2.75, 3.05) is 0 Å². The van der Waals surface area contributed by atoms with Gasteiger partial charge in [0, 0.05) is 17.9 Å². The topological polar surface area (TPSA) is 66.4 Å². The minimum Gasteiger partial charge on any atom is -0.480 e. The lowest BCUT2D eigenvalue weighted by Gasteiger charge is -2.15. The molecule has 0 saturated heterocycles. The Hall–Kier alpha value is -2.33. The second-order valence-electron chi connectivity index (χ2n) is 4.89. The van der Waals surface area contributed by atoms with Crippen molar-refractivity contribution in [1.82, 2.24) is 5.32 Å². The van der Waals surface area contributed by atoms with Gasteiger partial charge < -0.3 is 10.4 Å². The van der Waals surface area contributed by atoms with Gasteiger partial charge in [-0.3, -0.25) is 4.79 Å². The number of halogens is 1. The number of nitrogens with one attached hydrogen (secondary N) is 1. The van der Waals surface area contributed by atoms with Crippen molar-refractivity contribution in [3.63, 3.8) is 0 Å². The van der Waals surface area contributed by atoms with Gasteiger partial charge in [0.2, 0.25) is 0 Å². The lowest BCUT2D eigenvalue weighted by atomic mass is 10.1. The van der Waals surface area contributed by atoms with E-state index >= 15 is 0 Å². The van der Waals surface area contributed by atoms with Crippen LogP contribution >= 0.6 is 11.6 Å². The minimum atomic E-state index is -1.06. The Morgan fingerprint density at radius 3 is 2.36 bits per heavy atom. The SMILES string of the molecule is O=C(N[C@@H](Cc1ccccc1)C(=O)O)c1cccc(CCl)c1. The van der Waals surface area contributed by atoms with Crippen LogP contribution in [-0.4, -0.2) is 23.0 Å². The fraction of sp³-hybridized carbons (Fsp3) is 0.176. The number of carboxylic acid groups (broad SMARTS) is 1. The molecule has 0 saturated carbocycles. The summed E-state index contributed by atoms with van der Waals surface area (Å²) in [5.41, 5.74) is 2.06.